The first-order valence-electron chi connectivity index (χ1n) is 11.2. The molecule has 0 aromatic heterocycles. The highest BCUT2D eigenvalue weighted by Gasteiger charge is 2.72. The summed E-state index contributed by atoms with van der Waals surface area (Å²) in [5.41, 5.74) is 0.405. The number of nitrogens with zero attached hydrogens (tertiary/aromatic N) is 1. The van der Waals surface area contributed by atoms with Gasteiger partial charge in [-0.25, -0.2) is 13.2 Å². The molecule has 6 atom stereocenters. The monoisotopic (exact) mass is 455 g/mol. The molecule has 4 saturated heterocycles. The van der Waals surface area contributed by atoms with Crippen molar-refractivity contribution in [3.05, 3.63) is 11.6 Å². The van der Waals surface area contributed by atoms with Gasteiger partial charge in [0.2, 0.25) is 0 Å². The number of carbonyl (C=O) groups is 1. The molecule has 4 aliphatic heterocycles. The van der Waals surface area contributed by atoms with Crippen LogP contribution in [0.15, 0.2) is 11.6 Å². The molecule has 5 aliphatic rings. The predicted octanol–water partition coefficient (Wildman–Crippen LogP) is 1.93. The number of amides is 1. The van der Waals surface area contributed by atoms with Gasteiger partial charge in [0.25, 0.3) is 0 Å². The van der Waals surface area contributed by atoms with Crippen molar-refractivity contribution in [3.63, 3.8) is 0 Å². The van der Waals surface area contributed by atoms with Crippen LogP contribution >= 0.6 is 0 Å². The number of hydrogen-bond donors (Lipinski definition) is 0. The number of epoxide rings is 2. The Hall–Kier alpha value is -1.16. The van der Waals surface area contributed by atoms with E-state index >= 15 is 0 Å². The molecule has 8 nitrogen and oxygen atoms in total. The van der Waals surface area contributed by atoms with E-state index in [2.05, 4.69) is 26.8 Å². The lowest BCUT2D eigenvalue weighted by Gasteiger charge is -2.54. The largest absolute Gasteiger partial charge is 0.443 e. The predicted molar refractivity (Wildman–Crippen MR) is 112 cm³/mol. The van der Waals surface area contributed by atoms with Gasteiger partial charge >= 0.3 is 6.09 Å². The molecule has 1 aliphatic carbocycles. The minimum atomic E-state index is -2.91. The number of likely N-dealkylation sites (tertiary alicyclic amines) is 1. The average molecular weight is 456 g/mol. The zero-order chi connectivity index (χ0) is 22.2. The van der Waals surface area contributed by atoms with E-state index in [0.29, 0.717) is 26.1 Å². The Kier molecular flexibility index (Phi) is 4.84. The summed E-state index contributed by atoms with van der Waals surface area (Å²) in [5, 5.41) is 0. The second-order valence-corrected chi connectivity index (χ2v) is 12.8. The molecule has 5 fully saturated rings. The maximum Gasteiger partial charge on any atom is 0.410 e. The number of methoxy groups -OCH3 is 1. The molecule has 9 heteroatoms. The van der Waals surface area contributed by atoms with Gasteiger partial charge in [0.15, 0.2) is 9.84 Å². The quantitative estimate of drug-likeness (QED) is 0.461. The Labute approximate surface area is 184 Å². The van der Waals surface area contributed by atoms with E-state index in [1.54, 1.807) is 12.0 Å². The number of sulfone groups is 1. The third-order valence-corrected chi connectivity index (χ3v) is 9.96. The zero-order valence-corrected chi connectivity index (χ0v) is 19.6. The van der Waals surface area contributed by atoms with E-state index in [9.17, 15) is 13.2 Å². The van der Waals surface area contributed by atoms with Crippen LogP contribution in [0.5, 0.6) is 0 Å². The molecule has 0 N–H and O–H groups in total. The number of carbonyl (C=O) groups excluding carboxylic acids is 1. The van der Waals surface area contributed by atoms with E-state index in [1.807, 2.05) is 0 Å². The first-order valence-corrected chi connectivity index (χ1v) is 13.0. The van der Waals surface area contributed by atoms with E-state index in [-0.39, 0.29) is 58.4 Å². The molecule has 0 aromatic carbocycles. The fourth-order valence-electron chi connectivity index (χ4n) is 6.24. The molecule has 0 radical (unpaired) electrons. The van der Waals surface area contributed by atoms with Crippen LogP contribution in [0.3, 0.4) is 0 Å². The Morgan fingerprint density at radius 2 is 1.94 bits per heavy atom. The standard InChI is InChI=1S/C22H33NO7S/c1-14(2)5-6-16-20(3,30-16)18-17(27-4)15(7-8-22(18)11-28-22)29-19(24)23-9-21(10-23)12-31(25,26)13-21/h5,15-18H,6-13H2,1-4H3/t15-,16-,17-,18-,20+,22+/m1/s1. The molecule has 5 rings (SSSR count). The van der Waals surface area contributed by atoms with Gasteiger partial charge in [0.1, 0.15) is 23.4 Å². The molecule has 1 amide bonds. The van der Waals surface area contributed by atoms with E-state index in [1.165, 1.54) is 5.57 Å². The van der Waals surface area contributed by atoms with Gasteiger partial charge in [0, 0.05) is 25.6 Å². The van der Waals surface area contributed by atoms with Crippen LogP contribution in [0.1, 0.15) is 40.0 Å². The maximum absolute atomic E-state index is 12.8. The topological polar surface area (TPSA) is 98.0 Å². The summed E-state index contributed by atoms with van der Waals surface area (Å²) in [6, 6.07) is 0. The summed E-state index contributed by atoms with van der Waals surface area (Å²) in [6.07, 6.45) is 3.59. The van der Waals surface area contributed by atoms with E-state index in [0.717, 1.165) is 12.8 Å². The molecule has 0 unspecified atom stereocenters. The van der Waals surface area contributed by atoms with Gasteiger partial charge in [-0.05, 0) is 40.0 Å². The fourth-order valence-corrected chi connectivity index (χ4v) is 8.39. The first kappa shape index (κ1) is 21.7. The van der Waals surface area contributed by atoms with Gasteiger partial charge in [-0.2, -0.15) is 0 Å². The molecule has 2 spiro atoms. The lowest BCUT2D eigenvalue weighted by Crippen LogP contribution is -2.69. The van der Waals surface area contributed by atoms with Crippen molar-refractivity contribution >= 4 is 15.9 Å². The first-order chi connectivity index (χ1) is 14.5. The summed E-state index contributed by atoms with van der Waals surface area (Å²) < 4.78 is 47.0. The lowest BCUT2D eigenvalue weighted by molar-refractivity contribution is -0.126. The van der Waals surface area contributed by atoms with Crippen molar-refractivity contribution in [3.8, 4) is 0 Å². The van der Waals surface area contributed by atoms with Crippen molar-refractivity contribution in [1.29, 1.82) is 0 Å². The highest BCUT2D eigenvalue weighted by atomic mass is 32.2. The molecule has 4 heterocycles. The van der Waals surface area contributed by atoms with Crippen LogP contribution in [0.4, 0.5) is 4.79 Å². The van der Waals surface area contributed by atoms with Crippen molar-refractivity contribution in [2.75, 3.05) is 38.3 Å². The number of rotatable bonds is 5. The molecule has 1 saturated carbocycles. The van der Waals surface area contributed by atoms with Gasteiger partial charge in [-0.3, -0.25) is 0 Å². The zero-order valence-electron chi connectivity index (χ0n) is 18.8. The van der Waals surface area contributed by atoms with Crippen molar-refractivity contribution < 1.29 is 32.2 Å². The van der Waals surface area contributed by atoms with Gasteiger partial charge in [-0.1, -0.05) is 11.6 Å². The Morgan fingerprint density at radius 3 is 2.48 bits per heavy atom. The minimum Gasteiger partial charge on any atom is -0.443 e. The van der Waals surface area contributed by atoms with Gasteiger partial charge in [-0.15, -0.1) is 0 Å². The second-order valence-electron chi connectivity index (χ2n) is 10.7. The second kappa shape index (κ2) is 6.92. The smallest absolute Gasteiger partial charge is 0.410 e. The lowest BCUT2D eigenvalue weighted by atomic mass is 9.68. The third kappa shape index (κ3) is 3.61. The number of allylic oxidation sites excluding steroid dienone is 1. The van der Waals surface area contributed by atoms with Gasteiger partial charge in [0.05, 0.1) is 30.1 Å². The molecular formula is C22H33NO7S. The summed E-state index contributed by atoms with van der Waals surface area (Å²) in [5.74, 6) is 0.351. The molecular weight excluding hydrogens is 422 g/mol. The van der Waals surface area contributed by atoms with Crippen LogP contribution in [0.2, 0.25) is 0 Å². The van der Waals surface area contributed by atoms with Crippen molar-refractivity contribution in [1.82, 2.24) is 4.90 Å². The normalized spacial score (nSPS) is 43.7. The summed E-state index contributed by atoms with van der Waals surface area (Å²) >= 11 is 0. The molecule has 31 heavy (non-hydrogen) atoms. The Bertz CT molecular complexity index is 887. The van der Waals surface area contributed by atoms with Crippen LogP contribution < -0.4 is 0 Å². The number of ether oxygens (including phenoxy) is 4. The fraction of sp³-hybridized carbons (Fsp3) is 0.864. The van der Waals surface area contributed by atoms with Crippen LogP contribution in [0.25, 0.3) is 0 Å². The highest BCUT2D eigenvalue weighted by Crippen LogP contribution is 2.59. The molecule has 0 bridgehead atoms. The number of hydrogen-bond acceptors (Lipinski definition) is 7. The van der Waals surface area contributed by atoms with Crippen LogP contribution in [-0.2, 0) is 28.8 Å². The van der Waals surface area contributed by atoms with Crippen molar-refractivity contribution in [2.24, 2.45) is 11.3 Å². The maximum atomic E-state index is 12.8. The summed E-state index contributed by atoms with van der Waals surface area (Å²) in [4.78, 5) is 14.4. The Balaban J connectivity index is 1.25. The van der Waals surface area contributed by atoms with Gasteiger partial charge < -0.3 is 23.8 Å². The summed E-state index contributed by atoms with van der Waals surface area (Å²) in [7, 11) is -1.25. The average Bonchev–Trinajstić information content (AvgIpc) is 3.54. The molecule has 174 valence electrons. The minimum absolute atomic E-state index is 0.00776. The third-order valence-electron chi connectivity index (χ3n) is 7.85. The van der Waals surface area contributed by atoms with Crippen molar-refractivity contribution in [2.45, 2.75) is 69.5 Å². The van der Waals surface area contributed by atoms with Crippen LogP contribution in [0, 0.1) is 11.3 Å². The molecule has 0 aromatic rings. The highest BCUT2D eigenvalue weighted by molar-refractivity contribution is 7.92. The SMILES string of the molecule is CO[C@@H]1[C@H](OC(=O)N2CC3(C2)CS(=O)(=O)C3)CC[C@]2(CO2)[C@H]1[C@@]1(C)O[C@@H]1CC=C(C)C. The van der Waals surface area contributed by atoms with E-state index in [4.69, 9.17) is 18.9 Å². The van der Waals surface area contributed by atoms with E-state index < -0.39 is 9.84 Å². The summed E-state index contributed by atoms with van der Waals surface area (Å²) in [6.45, 7) is 7.89. The van der Waals surface area contributed by atoms with Crippen LogP contribution in [-0.4, -0.2) is 87.2 Å². The Morgan fingerprint density at radius 1 is 1.26 bits per heavy atom.